The molecule has 10 nitrogen and oxygen atoms in total. The fraction of sp³-hybridized carbons (Fsp3) is 0.125. The SMILES string of the molecule is CC(C)(C)c1nc2c(-c3ccc(-c4ccc(-c5ccccc5)s4)cc3)ccc3c2n1-c1ccccc1P3(=O)c1ccccc1.CC(C)(C)c1nc2c(-c3ccccc3)ccc3c2n1-c1ccccc1P3(=O)c1ccccc1.CC(C)(C)c1nc2c(-c3ccncc3)ccc3c2n1-c1ccccc1P3(=O)c1ccccc1. The third-order valence-electron chi connectivity index (χ3n) is 21.3. The molecule has 0 N–H and O–H groups in total. The van der Waals surface area contributed by atoms with Crippen LogP contribution >= 0.6 is 32.8 Å². The highest BCUT2D eigenvalue weighted by Gasteiger charge is 2.45. The molecule has 0 spiro atoms. The number of fused-ring (bicyclic) bond motifs is 6. The second kappa shape index (κ2) is 26.7. The van der Waals surface area contributed by atoms with Crippen LogP contribution in [-0.4, -0.2) is 33.6 Å². The fourth-order valence-corrected chi connectivity index (χ4v) is 26.3. The van der Waals surface area contributed by atoms with Gasteiger partial charge in [0.25, 0.3) is 0 Å². The number of benzene rings is 12. The van der Waals surface area contributed by atoms with Crippen LogP contribution in [0.3, 0.4) is 0 Å². The van der Waals surface area contributed by atoms with E-state index in [9.17, 15) is 0 Å². The molecule has 17 aromatic rings. The van der Waals surface area contributed by atoms with Crippen molar-refractivity contribution in [2.75, 3.05) is 0 Å². The first kappa shape index (κ1) is 70.3. The average Bonchev–Trinajstić information content (AvgIpc) is 1.46. The molecule has 0 saturated heterocycles. The van der Waals surface area contributed by atoms with Crippen LogP contribution < -0.4 is 47.7 Å². The van der Waals surface area contributed by atoms with Crippen LogP contribution in [0, 0.1) is 0 Å². The maximum Gasteiger partial charge on any atom is 0.175 e. The minimum absolute atomic E-state index is 0.189. The molecule has 0 saturated carbocycles. The summed E-state index contributed by atoms with van der Waals surface area (Å²) in [5.74, 6) is 2.91. The number of rotatable bonds is 8. The predicted molar refractivity (Wildman–Crippen MR) is 461 cm³/mol. The van der Waals surface area contributed by atoms with E-state index in [2.05, 4.69) is 208 Å². The molecule has 110 heavy (non-hydrogen) atoms. The van der Waals surface area contributed by atoms with Crippen LogP contribution in [0.2, 0.25) is 0 Å². The molecule has 12 aromatic carbocycles. The van der Waals surface area contributed by atoms with E-state index in [1.165, 1.54) is 20.9 Å². The molecular formula is C96H80N7O3P3S. The number of para-hydroxylation sites is 3. The molecule has 3 unspecified atom stereocenters. The topological polar surface area (TPSA) is 118 Å². The van der Waals surface area contributed by atoms with Crippen LogP contribution in [0.4, 0.5) is 0 Å². The van der Waals surface area contributed by atoms with E-state index in [1.54, 1.807) is 12.4 Å². The summed E-state index contributed by atoms with van der Waals surface area (Å²) < 4.78 is 52.5. The van der Waals surface area contributed by atoms with Crippen molar-refractivity contribution in [1.29, 1.82) is 0 Å². The minimum atomic E-state index is -3.14. The van der Waals surface area contributed by atoms with Crippen molar-refractivity contribution in [2.45, 2.75) is 78.6 Å². The standard InChI is InChI=1S/C39H31N2OPS.C29H25N2OP.C28H24N3OP/c1-39(2,3)38-40-36-30(26-18-20-28(21-19-26)35-25-24-34(44-35)27-12-6-4-7-13-27)22-23-33-37(36)41(38)31-16-10-11-17-32(31)43(33,42)29-14-8-5-9-15-29;1-29(2,3)28-30-26-22(20-12-6-4-7-13-20)18-19-25-27(26)31(28)23-16-10-11-17-24(23)33(25,32)21-14-8-5-9-15-21;1-28(2,3)27-30-25-21(19-15-17-29-18-16-19)13-14-24-26(25)31(27)22-11-7-8-12-23(22)33(24,32)20-9-5-4-6-10-20/h4-25H,1-3H3;4-19H,1-3H3;4-18H,1-3H3. The van der Waals surface area contributed by atoms with E-state index < -0.39 is 21.4 Å². The van der Waals surface area contributed by atoms with Crippen molar-refractivity contribution in [2.24, 2.45) is 0 Å². The smallest absolute Gasteiger partial charge is 0.175 e. The van der Waals surface area contributed by atoms with E-state index in [4.69, 9.17) is 15.0 Å². The van der Waals surface area contributed by atoms with E-state index >= 15 is 13.7 Å². The number of thiophene rings is 1. The molecule has 5 aromatic heterocycles. The Bertz CT molecular complexity index is 6370. The van der Waals surface area contributed by atoms with Crippen molar-refractivity contribution in [3.8, 4) is 71.3 Å². The molecular weight excluding hydrogens is 1420 g/mol. The molecule has 3 aliphatic heterocycles. The summed E-state index contributed by atoms with van der Waals surface area (Å²) in [6.45, 7) is 19.7. The van der Waals surface area contributed by atoms with Gasteiger partial charge in [-0.25, -0.2) is 15.0 Å². The Kier molecular flexibility index (Phi) is 17.1. The van der Waals surface area contributed by atoms with Gasteiger partial charge in [0, 0.05) is 103 Å². The number of nitrogens with zero attached hydrogens (tertiary/aromatic N) is 7. The van der Waals surface area contributed by atoms with E-state index in [1.807, 2.05) is 193 Å². The summed E-state index contributed by atoms with van der Waals surface area (Å²) >= 11 is 1.81. The molecule has 0 aliphatic carbocycles. The zero-order valence-corrected chi connectivity index (χ0v) is 66.2. The third-order valence-corrected chi connectivity index (χ3v) is 31.9. The van der Waals surface area contributed by atoms with Gasteiger partial charge in [-0.15, -0.1) is 11.3 Å². The summed E-state index contributed by atoms with van der Waals surface area (Å²) in [4.78, 5) is 22.5. The maximum atomic E-state index is 15.4. The second-order valence-corrected chi connectivity index (χ2v) is 40.7. The molecule has 0 bridgehead atoms. The lowest BCUT2D eigenvalue weighted by molar-refractivity contribution is 0.539. The number of hydrogen-bond acceptors (Lipinski definition) is 8. The van der Waals surface area contributed by atoms with Crippen molar-refractivity contribution >= 4 is 114 Å². The van der Waals surface area contributed by atoms with Gasteiger partial charge in [0.05, 0.1) is 50.2 Å². The van der Waals surface area contributed by atoms with Crippen LogP contribution in [0.15, 0.2) is 322 Å². The Morgan fingerprint density at radius 1 is 0.264 bits per heavy atom. The lowest BCUT2D eigenvalue weighted by atomic mass is 9.95. The summed E-state index contributed by atoms with van der Waals surface area (Å²) in [6, 6.07) is 105. The monoisotopic (exact) mass is 1500 g/mol. The van der Waals surface area contributed by atoms with E-state index in [0.717, 1.165) is 149 Å². The van der Waals surface area contributed by atoms with Crippen LogP contribution in [-0.2, 0) is 29.9 Å². The lowest BCUT2D eigenvalue weighted by Gasteiger charge is -2.31. The molecule has 0 radical (unpaired) electrons. The molecule has 3 atom stereocenters. The molecule has 0 amide bonds. The highest BCUT2D eigenvalue weighted by molar-refractivity contribution is 7.87. The van der Waals surface area contributed by atoms with Crippen molar-refractivity contribution in [1.82, 2.24) is 33.6 Å². The van der Waals surface area contributed by atoms with Gasteiger partial charge < -0.3 is 13.7 Å². The first-order valence-electron chi connectivity index (χ1n) is 37.3. The molecule has 3 aliphatic rings. The lowest BCUT2D eigenvalue weighted by Crippen LogP contribution is -2.34. The predicted octanol–water partition coefficient (Wildman–Crippen LogP) is 20.6. The Labute approximate surface area is 645 Å². The van der Waals surface area contributed by atoms with E-state index in [-0.39, 0.29) is 16.2 Å². The molecule has 8 heterocycles. The number of aromatic nitrogens is 7. The van der Waals surface area contributed by atoms with Gasteiger partial charge >= 0.3 is 0 Å². The zero-order chi connectivity index (χ0) is 75.6. The number of hydrogen-bond donors (Lipinski definition) is 0. The first-order valence-corrected chi connectivity index (χ1v) is 43.3. The second-order valence-electron chi connectivity index (χ2n) is 31.6. The van der Waals surface area contributed by atoms with Gasteiger partial charge in [-0.3, -0.25) is 18.7 Å². The molecule has 538 valence electrons. The molecule has 14 heteroatoms. The third kappa shape index (κ3) is 11.3. The summed E-state index contributed by atoms with van der Waals surface area (Å²) in [5.41, 5.74) is 16.7. The highest BCUT2D eigenvalue weighted by atomic mass is 32.1. The largest absolute Gasteiger partial charge is 0.308 e. The van der Waals surface area contributed by atoms with Gasteiger partial charge in [-0.05, 0) is 107 Å². The number of imidazole rings is 3. The van der Waals surface area contributed by atoms with Crippen molar-refractivity contribution in [3.63, 3.8) is 0 Å². The number of pyridine rings is 1. The van der Waals surface area contributed by atoms with Crippen LogP contribution in [0.5, 0.6) is 0 Å². The average molecular weight is 1500 g/mol. The quantitative estimate of drug-likeness (QED) is 0.139. The first-order chi connectivity index (χ1) is 53.1. The summed E-state index contributed by atoms with van der Waals surface area (Å²) in [6.07, 6.45) is 3.60. The van der Waals surface area contributed by atoms with Gasteiger partial charge in [0.15, 0.2) is 21.4 Å². The summed E-state index contributed by atoms with van der Waals surface area (Å²) in [7, 11) is -9.31. The van der Waals surface area contributed by atoms with Gasteiger partial charge in [0.1, 0.15) is 17.5 Å². The Balaban J connectivity index is 0.000000118. The van der Waals surface area contributed by atoms with Crippen LogP contribution in [0.25, 0.3) is 104 Å². The summed E-state index contributed by atoms with van der Waals surface area (Å²) in [5, 5.41) is 7.73. The van der Waals surface area contributed by atoms with Gasteiger partial charge in [-0.2, -0.15) is 0 Å². The van der Waals surface area contributed by atoms with Crippen molar-refractivity contribution < 1.29 is 13.7 Å². The van der Waals surface area contributed by atoms with Crippen LogP contribution in [0.1, 0.15) is 79.8 Å². The molecule has 20 rings (SSSR count). The Morgan fingerprint density at radius 2 is 0.527 bits per heavy atom. The van der Waals surface area contributed by atoms with E-state index in [0.29, 0.717) is 0 Å². The van der Waals surface area contributed by atoms with Gasteiger partial charge in [-0.1, -0.05) is 293 Å². The highest BCUT2D eigenvalue weighted by Crippen LogP contribution is 2.55. The molecule has 0 fully saturated rings. The maximum absolute atomic E-state index is 15.4. The minimum Gasteiger partial charge on any atom is -0.308 e. The fourth-order valence-electron chi connectivity index (χ4n) is 16.3. The van der Waals surface area contributed by atoms with Gasteiger partial charge in [0.2, 0.25) is 0 Å². The Hall–Kier alpha value is -11.4. The normalized spacial score (nSPS) is 16.6. The van der Waals surface area contributed by atoms with Crippen molar-refractivity contribution in [3.05, 3.63) is 339 Å². The Morgan fingerprint density at radius 3 is 0.855 bits per heavy atom. The zero-order valence-electron chi connectivity index (χ0n) is 62.7.